The van der Waals surface area contributed by atoms with Crippen LogP contribution in [0.1, 0.15) is 48.9 Å². The molecule has 4 unspecified atom stereocenters. The number of amides is 5. The summed E-state index contributed by atoms with van der Waals surface area (Å²) in [5.74, 6) is -2.52. The molecule has 59 heavy (non-hydrogen) atoms. The summed E-state index contributed by atoms with van der Waals surface area (Å²) in [5, 5.41) is 10.6. The van der Waals surface area contributed by atoms with E-state index in [1.165, 1.54) is 48.3 Å². The number of alkyl carbamates (subject to hydrolysis) is 2. The van der Waals surface area contributed by atoms with Gasteiger partial charge in [0.1, 0.15) is 36.0 Å². The Hall–Kier alpha value is -6.84. The van der Waals surface area contributed by atoms with Gasteiger partial charge in [-0.15, -0.1) is 0 Å². The van der Waals surface area contributed by atoms with E-state index >= 15 is 0 Å². The lowest BCUT2D eigenvalue weighted by molar-refractivity contribution is -0.138. The molecule has 4 N–H and O–H groups in total. The fourth-order valence-corrected chi connectivity index (χ4v) is 6.99. The Morgan fingerprint density at radius 2 is 1.15 bits per heavy atom. The van der Waals surface area contributed by atoms with Crippen LogP contribution >= 0.6 is 0 Å². The third-order valence-electron chi connectivity index (χ3n) is 10.0. The first-order valence-corrected chi connectivity index (χ1v) is 18.9. The zero-order valence-electron chi connectivity index (χ0n) is 32.8. The lowest BCUT2D eigenvalue weighted by Gasteiger charge is -2.28. The highest BCUT2D eigenvalue weighted by Gasteiger charge is 2.39. The number of likely N-dealkylation sites (tertiary alicyclic amines) is 2. The van der Waals surface area contributed by atoms with E-state index in [4.69, 9.17) is 0 Å². The van der Waals surface area contributed by atoms with Crippen LogP contribution in [0, 0.1) is 11.6 Å². The summed E-state index contributed by atoms with van der Waals surface area (Å²) < 4.78 is 38.7. The molecular weight excluding hydrogens is 767 g/mol. The molecule has 16 heteroatoms. The average molecular weight is 813 g/mol. The fourth-order valence-electron chi connectivity index (χ4n) is 6.99. The Balaban J connectivity index is 0.000000266. The van der Waals surface area contributed by atoms with Crippen LogP contribution in [0.2, 0.25) is 0 Å². The van der Waals surface area contributed by atoms with Crippen molar-refractivity contribution in [2.24, 2.45) is 0 Å². The second kappa shape index (κ2) is 20.5. The number of nitrogens with zero attached hydrogens (tertiary/aromatic N) is 2. The number of methoxy groups -OCH3 is 2. The van der Waals surface area contributed by atoms with Gasteiger partial charge in [-0.1, -0.05) is 60.7 Å². The van der Waals surface area contributed by atoms with Crippen molar-refractivity contribution in [3.05, 3.63) is 120 Å². The highest BCUT2D eigenvalue weighted by molar-refractivity contribution is 5.99. The van der Waals surface area contributed by atoms with Crippen LogP contribution in [0.3, 0.4) is 0 Å². The molecule has 4 aromatic rings. The standard InChI is InChI=1S/C28H28F2N4O4.C15H18N2O4/c1-31-18-10-12-20(22(29)15-18)21-13-11-19(16-23(21)30)32-26(35)24-9-6-14-34(24)27(36)25(33-28(37)38-2)17-7-4-3-5-8-17;1-21-15(20)16-13(11-6-3-2-4-7-11)14(19)17-9-5-8-12(17)10-18/h3-5,7-8,10-13,15-16,24-25,31H,6,9,14H2,1-2H3,(H,32,35)(H,33,37);2-4,6-7,10,12-13H,5,8-9H2,1H3,(H,16,20). The van der Waals surface area contributed by atoms with Gasteiger partial charge in [-0.3, -0.25) is 14.4 Å². The summed E-state index contributed by atoms with van der Waals surface area (Å²) in [7, 11) is 4.10. The smallest absolute Gasteiger partial charge is 0.407 e. The molecule has 0 saturated carbocycles. The molecule has 2 fully saturated rings. The largest absolute Gasteiger partial charge is 0.453 e. The number of nitrogens with one attached hydrogen (secondary N) is 4. The van der Waals surface area contributed by atoms with Gasteiger partial charge < -0.3 is 45.3 Å². The molecule has 5 amide bonds. The van der Waals surface area contributed by atoms with E-state index in [9.17, 15) is 37.5 Å². The fraction of sp³-hybridized carbons (Fsp3) is 0.302. The molecule has 6 rings (SSSR count). The summed E-state index contributed by atoms with van der Waals surface area (Å²) >= 11 is 0. The Labute approximate surface area is 340 Å². The number of ether oxygens (including phenoxy) is 2. The third kappa shape index (κ3) is 10.8. The van der Waals surface area contributed by atoms with Gasteiger partial charge in [-0.05, 0) is 73.2 Å². The average Bonchev–Trinajstić information content (AvgIpc) is 3.96. The number of carbonyl (C=O) groups is 6. The Kier molecular flexibility index (Phi) is 15.1. The van der Waals surface area contributed by atoms with Crippen molar-refractivity contribution in [1.29, 1.82) is 0 Å². The van der Waals surface area contributed by atoms with Crippen molar-refractivity contribution in [1.82, 2.24) is 20.4 Å². The first kappa shape index (κ1) is 43.3. The van der Waals surface area contributed by atoms with E-state index in [1.54, 1.807) is 67.7 Å². The van der Waals surface area contributed by atoms with E-state index < -0.39 is 59.8 Å². The monoisotopic (exact) mass is 812 g/mol. The number of hydrogen-bond acceptors (Lipinski definition) is 9. The van der Waals surface area contributed by atoms with Gasteiger partial charge in [0.05, 0.1) is 20.3 Å². The van der Waals surface area contributed by atoms with Crippen molar-refractivity contribution >= 4 is 47.6 Å². The Bertz CT molecular complexity index is 2130. The van der Waals surface area contributed by atoms with Gasteiger partial charge in [0.25, 0.3) is 11.8 Å². The molecule has 2 saturated heterocycles. The van der Waals surface area contributed by atoms with Crippen LogP contribution in [-0.4, -0.2) is 92.4 Å². The molecule has 0 spiro atoms. The van der Waals surface area contributed by atoms with Gasteiger partial charge in [0, 0.05) is 42.6 Å². The normalized spacial score (nSPS) is 16.7. The maximum atomic E-state index is 14.9. The lowest BCUT2D eigenvalue weighted by Crippen LogP contribution is -2.48. The lowest BCUT2D eigenvalue weighted by atomic mass is 10.0. The molecule has 14 nitrogen and oxygen atoms in total. The quantitative estimate of drug-likeness (QED) is 0.133. The summed E-state index contributed by atoms with van der Waals surface area (Å²) in [5.41, 5.74) is 2.08. The van der Waals surface area contributed by atoms with Crippen molar-refractivity contribution in [3.63, 3.8) is 0 Å². The van der Waals surface area contributed by atoms with E-state index in [-0.39, 0.29) is 22.7 Å². The van der Waals surface area contributed by atoms with Crippen LogP contribution in [0.5, 0.6) is 0 Å². The van der Waals surface area contributed by atoms with Crippen LogP contribution < -0.4 is 21.3 Å². The van der Waals surface area contributed by atoms with E-state index in [2.05, 4.69) is 30.7 Å². The zero-order chi connectivity index (χ0) is 42.5. The summed E-state index contributed by atoms with van der Waals surface area (Å²) in [6, 6.07) is 22.8. The molecule has 0 aliphatic carbocycles. The first-order chi connectivity index (χ1) is 28.5. The predicted molar refractivity (Wildman–Crippen MR) is 215 cm³/mol. The van der Waals surface area contributed by atoms with Crippen LogP contribution in [-0.2, 0) is 28.7 Å². The van der Waals surface area contributed by atoms with Crippen LogP contribution in [0.15, 0.2) is 97.1 Å². The van der Waals surface area contributed by atoms with Gasteiger partial charge in [0.2, 0.25) is 5.91 Å². The van der Waals surface area contributed by atoms with Crippen LogP contribution in [0.4, 0.5) is 29.7 Å². The second-order valence-corrected chi connectivity index (χ2v) is 13.7. The highest BCUT2D eigenvalue weighted by atomic mass is 19.1. The molecular formula is C43H46F2N6O8. The van der Waals surface area contributed by atoms with Crippen molar-refractivity contribution in [3.8, 4) is 11.1 Å². The summed E-state index contributed by atoms with van der Waals surface area (Å²) in [4.78, 5) is 76.7. The highest BCUT2D eigenvalue weighted by Crippen LogP contribution is 2.31. The van der Waals surface area contributed by atoms with E-state index in [0.717, 1.165) is 18.8 Å². The van der Waals surface area contributed by atoms with E-state index in [0.29, 0.717) is 49.2 Å². The summed E-state index contributed by atoms with van der Waals surface area (Å²) in [6.07, 6.45) is 1.76. The number of rotatable bonds is 11. The molecule has 310 valence electrons. The maximum absolute atomic E-state index is 14.9. The number of hydrogen-bond donors (Lipinski definition) is 4. The number of aldehydes is 1. The second-order valence-electron chi connectivity index (χ2n) is 13.7. The number of halogens is 2. The molecule has 0 radical (unpaired) electrons. The van der Waals surface area contributed by atoms with Gasteiger partial charge in [0.15, 0.2) is 0 Å². The van der Waals surface area contributed by atoms with Crippen LogP contribution in [0.25, 0.3) is 11.1 Å². The first-order valence-electron chi connectivity index (χ1n) is 18.9. The van der Waals surface area contributed by atoms with Gasteiger partial charge in [-0.25, -0.2) is 18.4 Å². The van der Waals surface area contributed by atoms with E-state index in [1.807, 2.05) is 6.07 Å². The Morgan fingerprint density at radius 3 is 1.64 bits per heavy atom. The van der Waals surface area contributed by atoms with Gasteiger partial charge >= 0.3 is 12.2 Å². The van der Waals surface area contributed by atoms with Crippen molar-refractivity contribution < 1.29 is 47.0 Å². The molecule has 2 aliphatic rings. The van der Waals surface area contributed by atoms with Gasteiger partial charge in [-0.2, -0.15) is 0 Å². The molecule has 0 aromatic heterocycles. The predicted octanol–water partition coefficient (Wildman–Crippen LogP) is 5.97. The molecule has 0 bridgehead atoms. The van der Waals surface area contributed by atoms with Crippen molar-refractivity contribution in [2.75, 3.05) is 45.0 Å². The maximum Gasteiger partial charge on any atom is 0.407 e. The minimum Gasteiger partial charge on any atom is -0.453 e. The Morgan fingerprint density at radius 1 is 0.678 bits per heavy atom. The minimum atomic E-state index is -1.04. The van der Waals surface area contributed by atoms with Crippen molar-refractivity contribution in [2.45, 2.75) is 49.9 Å². The molecule has 4 atom stereocenters. The minimum absolute atomic E-state index is 0.0559. The molecule has 2 heterocycles. The third-order valence-corrected chi connectivity index (χ3v) is 10.0. The SMILES string of the molecule is CNc1ccc(-c2ccc(NC(=O)C3CCCN3C(=O)C(NC(=O)OC)c3ccccc3)cc2F)c(F)c1.COC(=O)NC(C(=O)N1CCCC1C=O)c1ccccc1. The molecule has 2 aliphatic heterocycles. The molecule has 4 aromatic carbocycles. The number of benzene rings is 4. The summed E-state index contributed by atoms with van der Waals surface area (Å²) in [6.45, 7) is 0.840. The number of carbonyl (C=O) groups excluding carboxylic acids is 6. The zero-order valence-corrected chi connectivity index (χ0v) is 32.8. The topological polar surface area (TPSA) is 175 Å². The number of anilines is 2.